The van der Waals surface area contributed by atoms with Gasteiger partial charge in [-0.1, -0.05) is 32.0 Å². The Morgan fingerprint density at radius 2 is 1.79 bits per heavy atom. The molecule has 3 rings (SSSR count). The molecule has 1 atom stereocenters. The van der Waals surface area contributed by atoms with Crippen molar-refractivity contribution >= 4 is 29.2 Å². The zero-order valence-corrected chi connectivity index (χ0v) is 16.3. The molecular weight excluding hydrogens is 356 g/mol. The number of anilines is 2. The summed E-state index contributed by atoms with van der Waals surface area (Å²) in [4.78, 5) is 38.4. The maximum atomic E-state index is 12.6. The second kappa shape index (κ2) is 8.25. The Morgan fingerprint density at radius 3 is 2.43 bits per heavy atom. The van der Waals surface area contributed by atoms with Gasteiger partial charge in [-0.3, -0.25) is 9.59 Å². The molecule has 1 aliphatic rings. The third-order valence-electron chi connectivity index (χ3n) is 4.92. The molecule has 6 nitrogen and oxygen atoms in total. The number of methoxy groups -OCH3 is 1. The molecule has 1 aliphatic heterocycles. The van der Waals surface area contributed by atoms with E-state index in [0.29, 0.717) is 17.8 Å². The summed E-state index contributed by atoms with van der Waals surface area (Å²) >= 11 is 0. The minimum absolute atomic E-state index is 0.0470. The third kappa shape index (κ3) is 4.06. The SMILES string of the molecule is COC(=O)c1ccc(NC(=O)C2CC(=O)N(c3ccccc3C(C)C)C2)cc1. The summed E-state index contributed by atoms with van der Waals surface area (Å²) in [5, 5.41) is 2.83. The van der Waals surface area contributed by atoms with Crippen LogP contribution in [0.5, 0.6) is 0 Å². The standard InChI is InChI=1S/C22H24N2O4/c1-14(2)18-6-4-5-7-19(18)24-13-16(12-20(24)25)21(26)23-17-10-8-15(9-11-17)22(27)28-3/h4-11,14,16H,12-13H2,1-3H3,(H,23,26). The van der Waals surface area contributed by atoms with Crippen LogP contribution in [0.3, 0.4) is 0 Å². The van der Waals surface area contributed by atoms with Crippen molar-refractivity contribution < 1.29 is 19.1 Å². The number of nitrogens with one attached hydrogen (secondary N) is 1. The van der Waals surface area contributed by atoms with E-state index in [9.17, 15) is 14.4 Å². The van der Waals surface area contributed by atoms with Crippen LogP contribution in [0.2, 0.25) is 0 Å². The van der Waals surface area contributed by atoms with E-state index in [1.54, 1.807) is 29.2 Å². The van der Waals surface area contributed by atoms with Gasteiger partial charge in [0.1, 0.15) is 0 Å². The fraction of sp³-hybridized carbons (Fsp3) is 0.318. The largest absolute Gasteiger partial charge is 0.465 e. The zero-order valence-electron chi connectivity index (χ0n) is 16.3. The maximum absolute atomic E-state index is 12.6. The highest BCUT2D eigenvalue weighted by molar-refractivity contribution is 6.04. The molecule has 28 heavy (non-hydrogen) atoms. The van der Waals surface area contributed by atoms with Gasteiger partial charge in [0.05, 0.1) is 18.6 Å². The van der Waals surface area contributed by atoms with Crippen molar-refractivity contribution in [2.24, 2.45) is 5.92 Å². The van der Waals surface area contributed by atoms with Crippen molar-refractivity contribution in [3.63, 3.8) is 0 Å². The first-order chi connectivity index (χ1) is 13.4. The van der Waals surface area contributed by atoms with Crippen molar-refractivity contribution in [1.29, 1.82) is 0 Å². The van der Waals surface area contributed by atoms with Crippen LogP contribution in [-0.2, 0) is 14.3 Å². The van der Waals surface area contributed by atoms with Gasteiger partial charge < -0.3 is 15.0 Å². The van der Waals surface area contributed by atoms with E-state index in [4.69, 9.17) is 0 Å². The van der Waals surface area contributed by atoms with Gasteiger partial charge in [0.2, 0.25) is 11.8 Å². The lowest BCUT2D eigenvalue weighted by Gasteiger charge is -2.22. The number of amides is 2. The second-order valence-electron chi connectivity index (χ2n) is 7.18. The number of ether oxygens (including phenoxy) is 1. The van der Waals surface area contributed by atoms with Gasteiger partial charge in [0, 0.05) is 24.3 Å². The summed E-state index contributed by atoms with van der Waals surface area (Å²) in [6, 6.07) is 14.3. The molecule has 0 bridgehead atoms. The third-order valence-corrected chi connectivity index (χ3v) is 4.92. The predicted octanol–water partition coefficient (Wildman–Crippen LogP) is 3.59. The highest BCUT2D eigenvalue weighted by atomic mass is 16.5. The van der Waals surface area contributed by atoms with Crippen molar-refractivity contribution in [3.05, 3.63) is 59.7 Å². The van der Waals surface area contributed by atoms with Crippen LogP contribution >= 0.6 is 0 Å². The van der Waals surface area contributed by atoms with E-state index in [1.165, 1.54) is 7.11 Å². The highest BCUT2D eigenvalue weighted by Gasteiger charge is 2.36. The van der Waals surface area contributed by atoms with Gasteiger partial charge in [0.15, 0.2) is 0 Å². The molecule has 6 heteroatoms. The summed E-state index contributed by atoms with van der Waals surface area (Å²) in [5.74, 6) is -0.824. The van der Waals surface area contributed by atoms with E-state index >= 15 is 0 Å². The van der Waals surface area contributed by atoms with Gasteiger partial charge >= 0.3 is 5.97 Å². The number of esters is 1. The first-order valence-electron chi connectivity index (χ1n) is 9.29. The minimum Gasteiger partial charge on any atom is -0.465 e. The monoisotopic (exact) mass is 380 g/mol. The van der Waals surface area contributed by atoms with Gasteiger partial charge in [-0.2, -0.15) is 0 Å². The minimum atomic E-state index is -0.432. The van der Waals surface area contributed by atoms with Crippen LogP contribution in [0, 0.1) is 5.92 Å². The number of nitrogens with zero attached hydrogens (tertiary/aromatic N) is 1. The Labute approximate surface area is 164 Å². The highest BCUT2D eigenvalue weighted by Crippen LogP contribution is 2.32. The Balaban J connectivity index is 1.70. The summed E-state index contributed by atoms with van der Waals surface area (Å²) in [7, 11) is 1.32. The average Bonchev–Trinajstić information content (AvgIpc) is 3.09. The van der Waals surface area contributed by atoms with E-state index in [0.717, 1.165) is 11.3 Å². The van der Waals surface area contributed by atoms with E-state index in [1.807, 2.05) is 24.3 Å². The molecule has 1 N–H and O–H groups in total. The predicted molar refractivity (Wildman–Crippen MR) is 107 cm³/mol. The molecule has 0 saturated carbocycles. The number of carbonyl (C=O) groups is 3. The van der Waals surface area contributed by atoms with E-state index in [2.05, 4.69) is 23.9 Å². The van der Waals surface area contributed by atoms with Crippen LogP contribution < -0.4 is 10.2 Å². The van der Waals surface area contributed by atoms with Crippen LogP contribution in [0.25, 0.3) is 0 Å². The molecule has 1 unspecified atom stereocenters. The van der Waals surface area contributed by atoms with Crippen LogP contribution in [0.1, 0.15) is 42.1 Å². The van der Waals surface area contributed by atoms with E-state index in [-0.39, 0.29) is 24.2 Å². The Hall–Kier alpha value is -3.15. The number of hydrogen-bond acceptors (Lipinski definition) is 4. The fourth-order valence-corrected chi connectivity index (χ4v) is 3.39. The first-order valence-corrected chi connectivity index (χ1v) is 9.29. The van der Waals surface area contributed by atoms with E-state index < -0.39 is 11.9 Å². The second-order valence-corrected chi connectivity index (χ2v) is 7.18. The summed E-state index contributed by atoms with van der Waals surface area (Å²) in [5.41, 5.74) is 2.95. The molecule has 0 aromatic heterocycles. The van der Waals surface area contributed by atoms with Crippen LogP contribution in [0.4, 0.5) is 11.4 Å². The van der Waals surface area contributed by atoms with Gasteiger partial charge in [-0.05, 0) is 41.8 Å². The average molecular weight is 380 g/mol. The number of para-hydroxylation sites is 1. The van der Waals surface area contributed by atoms with Crippen molar-refractivity contribution in [1.82, 2.24) is 0 Å². The molecule has 2 amide bonds. The molecule has 1 fully saturated rings. The van der Waals surface area contributed by atoms with Gasteiger partial charge in [-0.25, -0.2) is 4.79 Å². The molecule has 1 heterocycles. The number of carbonyl (C=O) groups excluding carboxylic acids is 3. The lowest BCUT2D eigenvalue weighted by atomic mass is 10.0. The summed E-state index contributed by atoms with van der Waals surface area (Å²) in [6.45, 7) is 4.53. The quantitative estimate of drug-likeness (QED) is 0.805. The van der Waals surface area contributed by atoms with Gasteiger partial charge in [-0.15, -0.1) is 0 Å². The number of hydrogen-bond donors (Lipinski definition) is 1. The van der Waals surface area contributed by atoms with Crippen molar-refractivity contribution in [3.8, 4) is 0 Å². The lowest BCUT2D eigenvalue weighted by Crippen LogP contribution is -2.29. The molecule has 0 spiro atoms. The summed E-state index contributed by atoms with van der Waals surface area (Å²) < 4.78 is 4.66. The molecule has 2 aromatic rings. The number of rotatable bonds is 5. The van der Waals surface area contributed by atoms with Crippen LogP contribution in [-0.4, -0.2) is 31.4 Å². The molecule has 1 saturated heterocycles. The topological polar surface area (TPSA) is 75.7 Å². The van der Waals surface area contributed by atoms with Crippen molar-refractivity contribution in [2.75, 3.05) is 23.9 Å². The molecule has 0 aliphatic carbocycles. The Bertz CT molecular complexity index is 890. The smallest absolute Gasteiger partial charge is 0.337 e. The number of benzene rings is 2. The van der Waals surface area contributed by atoms with Crippen LogP contribution in [0.15, 0.2) is 48.5 Å². The molecule has 2 aromatic carbocycles. The molecular formula is C22H24N2O4. The fourth-order valence-electron chi connectivity index (χ4n) is 3.39. The zero-order chi connectivity index (χ0) is 20.3. The van der Waals surface area contributed by atoms with Gasteiger partial charge in [0.25, 0.3) is 0 Å². The normalized spacial score (nSPS) is 16.4. The van der Waals surface area contributed by atoms with Crippen molar-refractivity contribution in [2.45, 2.75) is 26.2 Å². The Kier molecular flexibility index (Phi) is 5.78. The lowest BCUT2D eigenvalue weighted by molar-refractivity contribution is -0.122. The summed E-state index contributed by atoms with van der Waals surface area (Å²) in [6.07, 6.45) is 0.179. The maximum Gasteiger partial charge on any atom is 0.337 e. The molecule has 146 valence electrons. The molecule has 0 radical (unpaired) electrons. The first kappa shape index (κ1) is 19.6. The Morgan fingerprint density at radius 1 is 1.11 bits per heavy atom.